The number of carbonyl (C=O) groups excluding carboxylic acids is 1. The first-order valence-corrected chi connectivity index (χ1v) is 16.0. The Balaban J connectivity index is 1.52. The molecular formula is C32H41N5O4S. The number of sulfonamides is 1. The number of aryl methyl sites for hydroxylation is 2. The van der Waals surface area contributed by atoms with E-state index in [0.717, 1.165) is 55.6 Å². The Hall–Kier alpha value is -3.50. The van der Waals surface area contributed by atoms with Gasteiger partial charge in [0, 0.05) is 29.2 Å². The molecule has 10 heteroatoms. The average Bonchev–Trinajstić information content (AvgIpc) is 2.93. The van der Waals surface area contributed by atoms with Gasteiger partial charge in [-0.25, -0.2) is 18.1 Å². The standard InChI is InChI=1S/C32H41N5O4S/c1-22-8-6-9-23(2)28(22)26-19-27-35-30(34-26)36-42(39,40)25-11-7-10-24(18-25)29(38)33-20-32(21-41-27)13-16-37(17-14-32)15-12-31(3,4)5/h6-11,18-19H,12-17,20-21H2,1-5H3,(H,33,38)(H,34,35,36). The summed E-state index contributed by atoms with van der Waals surface area (Å²) >= 11 is 0. The monoisotopic (exact) mass is 591 g/mol. The fraction of sp³-hybridized carbons (Fsp3) is 0.469. The zero-order valence-electron chi connectivity index (χ0n) is 25.2. The number of aromatic nitrogens is 2. The number of likely N-dealkylation sites (tertiary alicyclic amines) is 1. The summed E-state index contributed by atoms with van der Waals surface area (Å²) in [6.45, 7) is 14.4. The van der Waals surface area contributed by atoms with Gasteiger partial charge < -0.3 is 15.0 Å². The predicted octanol–water partition coefficient (Wildman–Crippen LogP) is 5.20. The van der Waals surface area contributed by atoms with E-state index in [-0.39, 0.29) is 39.0 Å². The van der Waals surface area contributed by atoms with E-state index in [0.29, 0.717) is 18.8 Å². The molecule has 3 aromatic rings. The number of piperidine rings is 1. The van der Waals surface area contributed by atoms with Crippen LogP contribution in [0.5, 0.6) is 5.88 Å². The molecule has 5 rings (SSSR count). The number of amides is 1. The Morgan fingerprint density at radius 3 is 2.38 bits per heavy atom. The van der Waals surface area contributed by atoms with Gasteiger partial charge >= 0.3 is 0 Å². The highest BCUT2D eigenvalue weighted by molar-refractivity contribution is 7.92. The van der Waals surface area contributed by atoms with Crippen molar-refractivity contribution in [1.29, 1.82) is 0 Å². The van der Waals surface area contributed by atoms with Crippen LogP contribution in [0.2, 0.25) is 0 Å². The highest BCUT2D eigenvalue weighted by Crippen LogP contribution is 2.35. The summed E-state index contributed by atoms with van der Waals surface area (Å²) in [4.78, 5) is 24.7. The lowest BCUT2D eigenvalue weighted by molar-refractivity contribution is 0.0463. The van der Waals surface area contributed by atoms with Crippen molar-refractivity contribution in [2.45, 2.75) is 58.8 Å². The van der Waals surface area contributed by atoms with Gasteiger partial charge in [-0.05, 0) is 87.5 Å². The van der Waals surface area contributed by atoms with Gasteiger partial charge in [-0.1, -0.05) is 45.0 Å². The van der Waals surface area contributed by atoms with Crippen LogP contribution in [0.4, 0.5) is 5.95 Å². The number of carbonyl (C=O) groups is 1. The van der Waals surface area contributed by atoms with Gasteiger partial charge in [-0.3, -0.25) is 4.79 Å². The number of nitrogens with zero attached hydrogens (tertiary/aromatic N) is 3. The molecule has 3 heterocycles. The average molecular weight is 592 g/mol. The van der Waals surface area contributed by atoms with E-state index in [4.69, 9.17) is 4.74 Å². The van der Waals surface area contributed by atoms with Crippen LogP contribution in [0.1, 0.15) is 61.5 Å². The summed E-state index contributed by atoms with van der Waals surface area (Å²) in [5.74, 6) is -0.110. The van der Waals surface area contributed by atoms with Crippen LogP contribution in [-0.2, 0) is 10.0 Å². The molecule has 1 amide bonds. The molecule has 1 fully saturated rings. The molecule has 2 aliphatic heterocycles. The van der Waals surface area contributed by atoms with E-state index in [2.05, 4.69) is 45.7 Å². The SMILES string of the molecule is Cc1cccc(C)c1-c1cc2nc(n1)NS(=O)(=O)c1cccc(c1)C(=O)NCC1(CCN(CCC(C)(C)C)CC1)CO2. The first-order chi connectivity index (χ1) is 19.8. The van der Waals surface area contributed by atoms with Crippen molar-refractivity contribution in [2.24, 2.45) is 10.8 Å². The molecule has 2 N–H and O–H groups in total. The number of rotatable bonds is 3. The first kappa shape index (κ1) is 30.0. The van der Waals surface area contributed by atoms with Crippen LogP contribution in [0.25, 0.3) is 11.3 Å². The van der Waals surface area contributed by atoms with Gasteiger partial charge in [0.05, 0.1) is 17.2 Å². The van der Waals surface area contributed by atoms with Crippen molar-refractivity contribution in [3.05, 3.63) is 65.2 Å². The highest BCUT2D eigenvalue weighted by Gasteiger charge is 2.37. The van der Waals surface area contributed by atoms with E-state index in [9.17, 15) is 13.2 Å². The van der Waals surface area contributed by atoms with Gasteiger partial charge in [0.15, 0.2) is 0 Å². The van der Waals surface area contributed by atoms with Crippen molar-refractivity contribution < 1.29 is 17.9 Å². The van der Waals surface area contributed by atoms with Gasteiger partial charge in [0.2, 0.25) is 11.8 Å². The minimum absolute atomic E-state index is 0.0439. The third kappa shape index (κ3) is 6.93. The van der Waals surface area contributed by atoms with E-state index in [1.54, 1.807) is 18.2 Å². The van der Waals surface area contributed by atoms with Crippen LogP contribution in [0, 0.1) is 24.7 Å². The Kier molecular flexibility index (Phi) is 8.31. The summed E-state index contributed by atoms with van der Waals surface area (Å²) in [6, 6.07) is 13.8. The number of nitrogens with one attached hydrogen (secondary N) is 2. The molecule has 2 aliphatic rings. The lowest BCUT2D eigenvalue weighted by Gasteiger charge is -2.42. The number of benzene rings is 2. The summed E-state index contributed by atoms with van der Waals surface area (Å²) < 4.78 is 35.6. The first-order valence-electron chi connectivity index (χ1n) is 14.5. The largest absolute Gasteiger partial charge is 0.477 e. The zero-order chi connectivity index (χ0) is 30.1. The van der Waals surface area contributed by atoms with E-state index in [1.807, 2.05) is 32.0 Å². The molecule has 0 aliphatic carbocycles. The fourth-order valence-electron chi connectivity index (χ4n) is 5.59. The van der Waals surface area contributed by atoms with Crippen LogP contribution in [0.3, 0.4) is 0 Å². The molecule has 2 aromatic carbocycles. The summed E-state index contributed by atoms with van der Waals surface area (Å²) in [6.07, 6.45) is 2.82. The van der Waals surface area contributed by atoms with Crippen molar-refractivity contribution in [3.63, 3.8) is 0 Å². The number of fused-ring (bicyclic) bond motifs is 4. The Labute approximate surface area is 249 Å². The number of ether oxygens (including phenoxy) is 1. The minimum Gasteiger partial charge on any atom is -0.477 e. The molecule has 9 nitrogen and oxygen atoms in total. The number of hydrogen-bond donors (Lipinski definition) is 2. The lowest BCUT2D eigenvalue weighted by Crippen LogP contribution is -2.49. The Bertz CT molecular complexity index is 1550. The molecule has 1 spiro atoms. The second-order valence-corrected chi connectivity index (χ2v) is 14.6. The molecular weight excluding hydrogens is 550 g/mol. The minimum atomic E-state index is -4.08. The summed E-state index contributed by atoms with van der Waals surface area (Å²) in [7, 11) is -4.08. The summed E-state index contributed by atoms with van der Waals surface area (Å²) in [5.41, 5.74) is 3.74. The van der Waals surface area contributed by atoms with Crippen LogP contribution in [-0.4, -0.2) is 62.0 Å². The van der Waals surface area contributed by atoms with Gasteiger partial charge in [-0.2, -0.15) is 4.98 Å². The maximum absolute atomic E-state index is 13.3. The van der Waals surface area contributed by atoms with Gasteiger partial charge in [0.25, 0.3) is 15.9 Å². The maximum Gasteiger partial charge on any atom is 0.264 e. The quantitative estimate of drug-likeness (QED) is 0.430. The molecule has 0 atom stereocenters. The van der Waals surface area contributed by atoms with Crippen LogP contribution in [0.15, 0.2) is 53.4 Å². The van der Waals surface area contributed by atoms with E-state index < -0.39 is 10.0 Å². The Morgan fingerprint density at radius 2 is 1.69 bits per heavy atom. The maximum atomic E-state index is 13.3. The van der Waals surface area contributed by atoms with Crippen molar-refractivity contribution in [3.8, 4) is 17.1 Å². The van der Waals surface area contributed by atoms with Crippen molar-refractivity contribution in [2.75, 3.05) is 37.5 Å². The van der Waals surface area contributed by atoms with E-state index in [1.165, 1.54) is 12.1 Å². The topological polar surface area (TPSA) is 114 Å². The van der Waals surface area contributed by atoms with Crippen molar-refractivity contribution >= 4 is 21.9 Å². The molecule has 0 unspecified atom stereocenters. The molecule has 1 aromatic heterocycles. The summed E-state index contributed by atoms with van der Waals surface area (Å²) in [5, 5.41) is 3.08. The van der Waals surface area contributed by atoms with Gasteiger partial charge in [0.1, 0.15) is 0 Å². The molecule has 0 radical (unpaired) electrons. The predicted molar refractivity (Wildman–Crippen MR) is 164 cm³/mol. The van der Waals surface area contributed by atoms with Crippen molar-refractivity contribution in [1.82, 2.24) is 20.2 Å². The zero-order valence-corrected chi connectivity index (χ0v) is 26.0. The number of anilines is 1. The highest BCUT2D eigenvalue weighted by atomic mass is 32.2. The van der Waals surface area contributed by atoms with Crippen LogP contribution < -0.4 is 14.8 Å². The smallest absolute Gasteiger partial charge is 0.264 e. The molecule has 0 saturated carbocycles. The second-order valence-electron chi connectivity index (χ2n) is 12.9. The molecule has 1 saturated heterocycles. The van der Waals surface area contributed by atoms with Gasteiger partial charge in [-0.15, -0.1) is 0 Å². The van der Waals surface area contributed by atoms with Crippen LogP contribution >= 0.6 is 0 Å². The molecule has 4 bridgehead atoms. The molecule has 224 valence electrons. The normalized spacial score (nSPS) is 18.8. The Morgan fingerprint density at radius 1 is 1.00 bits per heavy atom. The lowest BCUT2D eigenvalue weighted by atomic mass is 9.78. The number of hydrogen-bond acceptors (Lipinski definition) is 7. The second kappa shape index (κ2) is 11.6. The third-order valence-electron chi connectivity index (χ3n) is 8.32. The molecule has 42 heavy (non-hydrogen) atoms. The fourth-order valence-corrected chi connectivity index (χ4v) is 6.58. The third-order valence-corrected chi connectivity index (χ3v) is 9.64. The van der Waals surface area contributed by atoms with E-state index >= 15 is 0 Å².